The smallest absolute Gasteiger partial charge is 0.161 e. The number of aromatic nitrogens is 2. The summed E-state index contributed by atoms with van der Waals surface area (Å²) in [4.78, 5) is 4.55. The van der Waals surface area contributed by atoms with Gasteiger partial charge in [-0.1, -0.05) is 12.1 Å². The number of allylic oxidation sites excluding steroid dienone is 1. The van der Waals surface area contributed by atoms with Crippen molar-refractivity contribution in [3.8, 4) is 11.5 Å². The van der Waals surface area contributed by atoms with E-state index in [0.29, 0.717) is 30.5 Å². The van der Waals surface area contributed by atoms with Gasteiger partial charge in [-0.25, -0.2) is 4.98 Å². The Morgan fingerprint density at radius 3 is 2.63 bits per heavy atom. The fraction of sp³-hybridized carbons (Fsp3) is 0.318. The van der Waals surface area contributed by atoms with E-state index in [9.17, 15) is 5.11 Å². The molecular formula is C22H26N2O3. The Bertz CT molecular complexity index is 960. The van der Waals surface area contributed by atoms with Gasteiger partial charge in [0.1, 0.15) is 19.0 Å². The predicted molar refractivity (Wildman–Crippen MR) is 108 cm³/mol. The number of methoxy groups -OCH3 is 1. The molecule has 0 aliphatic carbocycles. The van der Waals surface area contributed by atoms with Gasteiger partial charge in [-0.15, -0.1) is 6.58 Å². The lowest BCUT2D eigenvalue weighted by Crippen LogP contribution is -2.11. The molecule has 2 aromatic carbocycles. The van der Waals surface area contributed by atoms with Crippen LogP contribution in [0.3, 0.4) is 0 Å². The Labute approximate surface area is 159 Å². The van der Waals surface area contributed by atoms with Gasteiger partial charge in [0.05, 0.1) is 24.7 Å². The lowest BCUT2D eigenvalue weighted by atomic mass is 10.1. The number of aliphatic hydroxyl groups is 1. The van der Waals surface area contributed by atoms with E-state index in [-0.39, 0.29) is 6.61 Å². The van der Waals surface area contributed by atoms with Gasteiger partial charge in [-0.3, -0.25) is 0 Å². The number of nitrogens with zero attached hydrogens (tertiary/aromatic N) is 2. The van der Waals surface area contributed by atoms with Crippen LogP contribution < -0.4 is 9.47 Å². The van der Waals surface area contributed by atoms with Crippen LogP contribution in [0, 0.1) is 13.8 Å². The minimum Gasteiger partial charge on any atom is -0.493 e. The fourth-order valence-electron chi connectivity index (χ4n) is 3.17. The van der Waals surface area contributed by atoms with E-state index in [2.05, 4.69) is 37.5 Å². The Hall–Kier alpha value is -2.79. The maximum Gasteiger partial charge on any atom is 0.161 e. The first kappa shape index (κ1) is 19.0. The zero-order chi connectivity index (χ0) is 19.4. The van der Waals surface area contributed by atoms with Gasteiger partial charge in [0.15, 0.2) is 11.5 Å². The summed E-state index contributed by atoms with van der Waals surface area (Å²) in [5.74, 6) is 2.05. The third kappa shape index (κ3) is 3.98. The highest BCUT2D eigenvalue weighted by Gasteiger charge is 2.12. The van der Waals surface area contributed by atoms with E-state index in [1.165, 1.54) is 11.1 Å². The largest absolute Gasteiger partial charge is 0.493 e. The van der Waals surface area contributed by atoms with E-state index in [1.54, 1.807) is 7.11 Å². The second kappa shape index (κ2) is 8.27. The molecule has 0 radical (unpaired) electrons. The average Bonchev–Trinajstić information content (AvgIpc) is 3.00. The molecule has 3 rings (SSSR count). The van der Waals surface area contributed by atoms with Crippen LogP contribution in [-0.4, -0.2) is 28.4 Å². The van der Waals surface area contributed by atoms with Crippen molar-refractivity contribution in [2.75, 3.05) is 13.7 Å². The monoisotopic (exact) mass is 366 g/mol. The normalized spacial score (nSPS) is 11.0. The molecule has 0 unspecified atom stereocenters. The van der Waals surface area contributed by atoms with Crippen molar-refractivity contribution in [2.24, 2.45) is 0 Å². The topological polar surface area (TPSA) is 56.5 Å². The fourth-order valence-corrected chi connectivity index (χ4v) is 3.17. The number of hydrogen-bond acceptors (Lipinski definition) is 4. The van der Waals surface area contributed by atoms with Gasteiger partial charge >= 0.3 is 0 Å². The van der Waals surface area contributed by atoms with Crippen molar-refractivity contribution in [3.63, 3.8) is 0 Å². The molecule has 0 saturated heterocycles. The van der Waals surface area contributed by atoms with Gasteiger partial charge in [0, 0.05) is 0 Å². The van der Waals surface area contributed by atoms with Crippen LogP contribution in [0.25, 0.3) is 11.0 Å². The highest BCUT2D eigenvalue weighted by atomic mass is 16.5. The zero-order valence-electron chi connectivity index (χ0n) is 16.2. The van der Waals surface area contributed by atoms with Crippen molar-refractivity contribution < 1.29 is 14.6 Å². The summed E-state index contributed by atoms with van der Waals surface area (Å²) in [6, 6.07) is 10.1. The SMILES string of the molecule is C=CCc1ccc(OCCn2c(CO)nc3cc(C)c(C)cc32)c(OC)c1. The first-order chi connectivity index (χ1) is 13.1. The molecule has 1 aromatic heterocycles. The van der Waals surface area contributed by atoms with E-state index in [1.807, 2.05) is 28.8 Å². The Morgan fingerprint density at radius 1 is 1.15 bits per heavy atom. The van der Waals surface area contributed by atoms with E-state index in [4.69, 9.17) is 9.47 Å². The molecule has 5 heteroatoms. The standard InChI is InChI=1S/C22H26N2O3/c1-5-6-17-7-8-20(21(13-17)26-4)27-10-9-24-19-12-16(3)15(2)11-18(19)23-22(24)14-25/h5,7-8,11-13,25H,1,6,9-10,14H2,2-4H3. The number of imidazole rings is 1. The van der Waals surface area contributed by atoms with Gasteiger partial charge in [-0.05, 0) is 61.2 Å². The lowest BCUT2D eigenvalue weighted by Gasteiger charge is -2.13. The number of benzene rings is 2. The second-order valence-electron chi connectivity index (χ2n) is 6.59. The maximum absolute atomic E-state index is 9.69. The van der Waals surface area contributed by atoms with Crippen molar-refractivity contribution in [2.45, 2.75) is 33.4 Å². The van der Waals surface area contributed by atoms with Crippen LogP contribution in [0.1, 0.15) is 22.5 Å². The molecule has 5 nitrogen and oxygen atoms in total. The van der Waals surface area contributed by atoms with Gasteiger partial charge in [0.25, 0.3) is 0 Å². The lowest BCUT2D eigenvalue weighted by molar-refractivity contribution is 0.252. The third-order valence-corrected chi connectivity index (χ3v) is 4.76. The Balaban J connectivity index is 1.79. The van der Waals surface area contributed by atoms with E-state index >= 15 is 0 Å². The van der Waals surface area contributed by atoms with Gasteiger partial charge in [-0.2, -0.15) is 0 Å². The predicted octanol–water partition coefficient (Wildman–Crippen LogP) is 3.96. The van der Waals surface area contributed by atoms with Crippen LogP contribution >= 0.6 is 0 Å². The molecule has 1 N–H and O–H groups in total. The number of fused-ring (bicyclic) bond motifs is 1. The number of aryl methyl sites for hydroxylation is 2. The Morgan fingerprint density at radius 2 is 1.93 bits per heavy atom. The van der Waals surface area contributed by atoms with Crippen molar-refractivity contribution >= 4 is 11.0 Å². The average molecular weight is 366 g/mol. The second-order valence-corrected chi connectivity index (χ2v) is 6.59. The summed E-state index contributed by atoms with van der Waals surface area (Å²) in [5, 5.41) is 9.69. The quantitative estimate of drug-likeness (QED) is 0.613. The molecular weight excluding hydrogens is 340 g/mol. The summed E-state index contributed by atoms with van der Waals surface area (Å²) in [6.07, 6.45) is 2.65. The molecule has 0 fully saturated rings. The zero-order valence-corrected chi connectivity index (χ0v) is 16.2. The highest BCUT2D eigenvalue weighted by molar-refractivity contribution is 5.78. The van der Waals surface area contributed by atoms with Crippen molar-refractivity contribution in [1.82, 2.24) is 9.55 Å². The maximum atomic E-state index is 9.69. The first-order valence-electron chi connectivity index (χ1n) is 9.05. The number of aliphatic hydroxyl groups excluding tert-OH is 1. The van der Waals surface area contributed by atoms with E-state index in [0.717, 1.165) is 23.0 Å². The first-order valence-corrected chi connectivity index (χ1v) is 9.05. The minimum absolute atomic E-state index is 0.105. The summed E-state index contributed by atoms with van der Waals surface area (Å²) in [5.41, 5.74) is 5.43. The summed E-state index contributed by atoms with van der Waals surface area (Å²) in [6.45, 7) is 8.84. The third-order valence-electron chi connectivity index (χ3n) is 4.76. The summed E-state index contributed by atoms with van der Waals surface area (Å²) < 4.78 is 13.4. The van der Waals surface area contributed by atoms with E-state index < -0.39 is 0 Å². The molecule has 1 heterocycles. The molecule has 0 atom stereocenters. The van der Waals surface area contributed by atoms with Gasteiger partial charge < -0.3 is 19.1 Å². The van der Waals surface area contributed by atoms with Crippen LogP contribution in [0.5, 0.6) is 11.5 Å². The molecule has 27 heavy (non-hydrogen) atoms. The molecule has 0 spiro atoms. The van der Waals surface area contributed by atoms with Crippen molar-refractivity contribution in [3.05, 3.63) is 65.5 Å². The van der Waals surface area contributed by atoms with Crippen LogP contribution in [0.15, 0.2) is 43.0 Å². The minimum atomic E-state index is -0.105. The molecule has 142 valence electrons. The van der Waals surface area contributed by atoms with Crippen molar-refractivity contribution in [1.29, 1.82) is 0 Å². The Kier molecular flexibility index (Phi) is 5.81. The molecule has 3 aromatic rings. The number of hydrogen-bond donors (Lipinski definition) is 1. The highest BCUT2D eigenvalue weighted by Crippen LogP contribution is 2.28. The van der Waals surface area contributed by atoms with Crippen LogP contribution in [0.4, 0.5) is 0 Å². The summed E-state index contributed by atoms with van der Waals surface area (Å²) in [7, 11) is 1.64. The molecule has 0 aliphatic rings. The molecule has 0 amide bonds. The van der Waals surface area contributed by atoms with Crippen LogP contribution in [0.2, 0.25) is 0 Å². The van der Waals surface area contributed by atoms with Gasteiger partial charge in [0.2, 0.25) is 0 Å². The summed E-state index contributed by atoms with van der Waals surface area (Å²) >= 11 is 0. The number of rotatable bonds is 8. The molecule has 0 aliphatic heterocycles. The molecule has 0 bridgehead atoms. The number of ether oxygens (including phenoxy) is 2. The molecule has 0 saturated carbocycles. The van der Waals surface area contributed by atoms with Crippen LogP contribution in [-0.2, 0) is 19.6 Å².